The first-order chi connectivity index (χ1) is 8.94. The van der Waals surface area contributed by atoms with Crippen LogP contribution in [0.5, 0.6) is 5.75 Å². The first-order valence-corrected chi connectivity index (χ1v) is 7.21. The Kier molecular flexibility index (Phi) is 3.80. The minimum Gasteiger partial charge on any atom is -0.403 e. The number of benzene rings is 2. The Bertz CT molecular complexity index is 636. The second kappa shape index (κ2) is 5.21. The maximum absolute atomic E-state index is 11.6. The molecular formula is C13H16NO4P. The lowest BCUT2D eigenvalue weighted by molar-refractivity contribution is 0.243. The summed E-state index contributed by atoms with van der Waals surface area (Å²) < 4.78 is 21.2. The predicted octanol–water partition coefficient (Wildman–Crippen LogP) is 3.03. The van der Waals surface area contributed by atoms with Crippen molar-refractivity contribution < 1.29 is 18.5 Å². The predicted molar refractivity (Wildman–Crippen MR) is 75.7 cm³/mol. The van der Waals surface area contributed by atoms with E-state index < -0.39 is 7.82 Å². The van der Waals surface area contributed by atoms with Gasteiger partial charge < -0.3 is 9.42 Å². The van der Waals surface area contributed by atoms with Gasteiger partial charge in [0, 0.05) is 32.3 Å². The summed E-state index contributed by atoms with van der Waals surface area (Å²) in [4.78, 5) is 11.4. The van der Waals surface area contributed by atoms with Gasteiger partial charge in [-0.3, -0.25) is 9.42 Å². The molecule has 0 aliphatic carbocycles. The number of nitrogens with zero attached hydrogens (tertiary/aromatic N) is 1. The third kappa shape index (κ3) is 2.89. The Morgan fingerprint density at radius 1 is 1.16 bits per heavy atom. The molecule has 6 heteroatoms. The van der Waals surface area contributed by atoms with Crippen LogP contribution in [0.25, 0.3) is 10.8 Å². The second-order valence-electron chi connectivity index (χ2n) is 4.27. The summed E-state index contributed by atoms with van der Waals surface area (Å²) in [5.74, 6) is 0.328. The van der Waals surface area contributed by atoms with Crippen LogP contribution < -0.4 is 9.42 Å². The molecule has 0 aromatic heterocycles. The zero-order valence-corrected chi connectivity index (χ0v) is 11.9. The number of phosphoric acid groups is 1. The van der Waals surface area contributed by atoms with E-state index in [1.165, 1.54) is 0 Å². The standard InChI is InChI=1S/C13H16NO4P/c1-14(2)11-8-4-6-10-7-5-9-12(13(10)11)18-19(15,16)17-3/h4-9H,1-3H3,(H,15,16). The molecule has 19 heavy (non-hydrogen) atoms. The molecule has 2 aromatic rings. The van der Waals surface area contributed by atoms with Crippen LogP contribution in [0.15, 0.2) is 36.4 Å². The van der Waals surface area contributed by atoms with Crippen LogP contribution in [0, 0.1) is 0 Å². The highest BCUT2D eigenvalue weighted by atomic mass is 31.2. The van der Waals surface area contributed by atoms with Crippen molar-refractivity contribution in [3.05, 3.63) is 36.4 Å². The third-order valence-electron chi connectivity index (χ3n) is 2.77. The van der Waals surface area contributed by atoms with Crippen molar-refractivity contribution in [1.29, 1.82) is 0 Å². The maximum atomic E-state index is 11.6. The van der Waals surface area contributed by atoms with Crippen molar-refractivity contribution >= 4 is 24.3 Å². The van der Waals surface area contributed by atoms with Gasteiger partial charge in [0.1, 0.15) is 5.75 Å². The quantitative estimate of drug-likeness (QED) is 0.873. The first-order valence-electron chi connectivity index (χ1n) is 5.72. The lowest BCUT2D eigenvalue weighted by Gasteiger charge is -2.19. The molecule has 0 radical (unpaired) electrons. The zero-order chi connectivity index (χ0) is 14.0. The summed E-state index contributed by atoms with van der Waals surface area (Å²) in [5, 5.41) is 1.71. The van der Waals surface area contributed by atoms with Crippen LogP contribution in [-0.4, -0.2) is 26.1 Å². The largest absolute Gasteiger partial charge is 0.527 e. The number of phosphoric ester groups is 1. The van der Waals surface area contributed by atoms with E-state index in [9.17, 15) is 9.46 Å². The topological polar surface area (TPSA) is 59.0 Å². The van der Waals surface area contributed by atoms with E-state index in [0.29, 0.717) is 5.75 Å². The maximum Gasteiger partial charge on any atom is 0.527 e. The van der Waals surface area contributed by atoms with Crippen LogP contribution in [0.1, 0.15) is 0 Å². The summed E-state index contributed by atoms with van der Waals surface area (Å²) in [5.41, 5.74) is 0.907. The van der Waals surface area contributed by atoms with Crippen molar-refractivity contribution in [2.75, 3.05) is 26.1 Å². The molecule has 0 fully saturated rings. The summed E-state index contributed by atoms with van der Waals surface area (Å²) in [6.45, 7) is 0. The van der Waals surface area contributed by atoms with E-state index in [4.69, 9.17) is 4.52 Å². The van der Waals surface area contributed by atoms with E-state index >= 15 is 0 Å². The van der Waals surface area contributed by atoms with Crippen LogP contribution >= 0.6 is 7.82 Å². The summed E-state index contributed by atoms with van der Waals surface area (Å²) in [6, 6.07) is 11.1. The van der Waals surface area contributed by atoms with Crippen LogP contribution in [0.4, 0.5) is 5.69 Å². The molecule has 1 atom stereocenters. The molecule has 0 amide bonds. The van der Waals surface area contributed by atoms with Crippen LogP contribution in [0.3, 0.4) is 0 Å². The van der Waals surface area contributed by atoms with E-state index in [2.05, 4.69) is 4.52 Å². The van der Waals surface area contributed by atoms with Gasteiger partial charge >= 0.3 is 7.82 Å². The van der Waals surface area contributed by atoms with Crippen molar-refractivity contribution in [1.82, 2.24) is 0 Å². The van der Waals surface area contributed by atoms with E-state index in [0.717, 1.165) is 23.6 Å². The number of anilines is 1. The minimum absolute atomic E-state index is 0.328. The SMILES string of the molecule is COP(=O)(O)Oc1cccc2cccc(N(C)C)c12. The number of hydrogen-bond donors (Lipinski definition) is 1. The molecule has 0 aliphatic heterocycles. The molecule has 1 unspecified atom stereocenters. The number of hydrogen-bond acceptors (Lipinski definition) is 4. The smallest absolute Gasteiger partial charge is 0.403 e. The molecule has 0 saturated carbocycles. The minimum atomic E-state index is -4.07. The lowest BCUT2D eigenvalue weighted by Crippen LogP contribution is -2.09. The molecule has 2 aromatic carbocycles. The zero-order valence-electron chi connectivity index (χ0n) is 11.0. The van der Waals surface area contributed by atoms with Crippen molar-refractivity contribution in [3.63, 3.8) is 0 Å². The third-order valence-corrected chi connectivity index (χ3v) is 3.66. The fourth-order valence-electron chi connectivity index (χ4n) is 1.90. The summed E-state index contributed by atoms with van der Waals surface area (Å²) in [6.07, 6.45) is 0. The molecule has 0 aliphatic rings. The lowest BCUT2D eigenvalue weighted by atomic mass is 10.1. The Morgan fingerprint density at radius 3 is 2.37 bits per heavy atom. The Labute approximate surface area is 112 Å². The first kappa shape index (κ1) is 13.9. The van der Waals surface area contributed by atoms with Crippen molar-refractivity contribution in [2.45, 2.75) is 0 Å². The highest BCUT2D eigenvalue weighted by molar-refractivity contribution is 7.47. The highest BCUT2D eigenvalue weighted by Gasteiger charge is 2.22. The Balaban J connectivity index is 2.64. The monoisotopic (exact) mass is 281 g/mol. The van der Waals surface area contributed by atoms with Gasteiger partial charge in [0.2, 0.25) is 0 Å². The number of rotatable bonds is 4. The van der Waals surface area contributed by atoms with Gasteiger partial charge in [-0.25, -0.2) is 4.57 Å². The molecule has 0 saturated heterocycles. The van der Waals surface area contributed by atoms with Gasteiger partial charge in [0.05, 0.1) is 0 Å². The van der Waals surface area contributed by atoms with Crippen LogP contribution in [0.2, 0.25) is 0 Å². The van der Waals surface area contributed by atoms with Crippen LogP contribution in [-0.2, 0) is 9.09 Å². The molecule has 0 spiro atoms. The van der Waals surface area contributed by atoms with E-state index in [1.54, 1.807) is 12.1 Å². The summed E-state index contributed by atoms with van der Waals surface area (Å²) >= 11 is 0. The van der Waals surface area contributed by atoms with Gasteiger partial charge in [0.25, 0.3) is 0 Å². The van der Waals surface area contributed by atoms with Gasteiger partial charge in [-0.15, -0.1) is 0 Å². The van der Waals surface area contributed by atoms with Crippen molar-refractivity contribution in [2.24, 2.45) is 0 Å². The molecule has 0 bridgehead atoms. The summed E-state index contributed by atoms with van der Waals surface area (Å²) in [7, 11) is 0.876. The van der Waals surface area contributed by atoms with Gasteiger partial charge in [-0.2, -0.15) is 0 Å². The second-order valence-corrected chi connectivity index (χ2v) is 5.75. The van der Waals surface area contributed by atoms with E-state index in [1.807, 2.05) is 43.3 Å². The molecule has 1 N–H and O–H groups in total. The fraction of sp³-hybridized carbons (Fsp3) is 0.231. The van der Waals surface area contributed by atoms with Crippen molar-refractivity contribution in [3.8, 4) is 5.75 Å². The normalized spacial score (nSPS) is 14.1. The number of fused-ring (bicyclic) bond motifs is 1. The molecular weight excluding hydrogens is 265 g/mol. The van der Waals surface area contributed by atoms with Gasteiger partial charge in [-0.1, -0.05) is 24.3 Å². The Morgan fingerprint density at radius 2 is 1.79 bits per heavy atom. The fourth-order valence-corrected chi connectivity index (χ4v) is 2.37. The van der Waals surface area contributed by atoms with Gasteiger partial charge in [-0.05, 0) is 17.5 Å². The highest BCUT2D eigenvalue weighted by Crippen LogP contribution is 2.46. The average Bonchev–Trinajstić information content (AvgIpc) is 2.38. The molecule has 0 heterocycles. The molecule has 2 rings (SSSR count). The molecule has 5 nitrogen and oxygen atoms in total. The van der Waals surface area contributed by atoms with E-state index in [-0.39, 0.29) is 0 Å². The Hall–Kier alpha value is -1.55. The van der Waals surface area contributed by atoms with Gasteiger partial charge in [0.15, 0.2) is 0 Å². The molecule has 102 valence electrons. The average molecular weight is 281 g/mol.